The van der Waals surface area contributed by atoms with Gasteiger partial charge < -0.3 is 15.5 Å². The van der Waals surface area contributed by atoms with Crippen molar-refractivity contribution in [1.29, 1.82) is 0 Å². The third kappa shape index (κ3) is 6.31. The van der Waals surface area contributed by atoms with Crippen LogP contribution >= 0.6 is 11.8 Å². The number of aromatic nitrogens is 2. The maximum Gasteiger partial charge on any atom is 0.315 e. The molecule has 2 heterocycles. The second kappa shape index (κ2) is 11.1. The van der Waals surface area contributed by atoms with Crippen molar-refractivity contribution < 1.29 is 9.59 Å². The van der Waals surface area contributed by atoms with E-state index in [9.17, 15) is 9.59 Å². The van der Waals surface area contributed by atoms with Crippen LogP contribution in [0.2, 0.25) is 0 Å². The highest BCUT2D eigenvalue weighted by molar-refractivity contribution is 7.99. The molecule has 0 spiro atoms. The molecule has 1 aliphatic heterocycles. The van der Waals surface area contributed by atoms with Crippen LogP contribution in [0, 0.1) is 13.8 Å². The summed E-state index contributed by atoms with van der Waals surface area (Å²) in [7, 11) is 0. The molecule has 1 aliphatic carbocycles. The quantitative estimate of drug-likeness (QED) is 0.622. The maximum absolute atomic E-state index is 12.8. The van der Waals surface area contributed by atoms with Crippen LogP contribution in [0.1, 0.15) is 56.1 Å². The molecule has 33 heavy (non-hydrogen) atoms. The predicted molar refractivity (Wildman–Crippen MR) is 132 cm³/mol. The predicted octanol–water partition coefficient (Wildman–Crippen LogP) is 4.20. The fourth-order valence-electron chi connectivity index (χ4n) is 4.71. The van der Waals surface area contributed by atoms with Crippen molar-refractivity contribution in [3.8, 4) is 5.69 Å². The van der Waals surface area contributed by atoms with Crippen LogP contribution < -0.4 is 10.6 Å². The Labute approximate surface area is 200 Å². The van der Waals surface area contributed by atoms with Crippen molar-refractivity contribution in [2.45, 2.75) is 76.0 Å². The van der Waals surface area contributed by atoms with Gasteiger partial charge in [0.2, 0.25) is 5.91 Å². The van der Waals surface area contributed by atoms with Gasteiger partial charge >= 0.3 is 6.03 Å². The highest BCUT2D eigenvalue weighted by atomic mass is 32.2. The van der Waals surface area contributed by atoms with Crippen LogP contribution in [0.25, 0.3) is 5.69 Å². The summed E-state index contributed by atoms with van der Waals surface area (Å²) in [4.78, 5) is 31.5. The molecule has 7 nitrogen and oxygen atoms in total. The first-order valence-corrected chi connectivity index (χ1v) is 13.1. The number of benzene rings is 1. The van der Waals surface area contributed by atoms with Gasteiger partial charge in [-0.05, 0) is 56.7 Å². The van der Waals surface area contributed by atoms with E-state index in [1.165, 1.54) is 42.2 Å². The Hall–Kier alpha value is -2.48. The molecule has 4 rings (SSSR count). The number of likely N-dealkylation sites (tertiary alicyclic amines) is 1. The number of rotatable bonds is 6. The van der Waals surface area contributed by atoms with E-state index in [1.807, 2.05) is 11.1 Å². The number of aryl methyl sites for hydroxylation is 2. The Balaban J connectivity index is 1.23. The van der Waals surface area contributed by atoms with Gasteiger partial charge in [0.15, 0.2) is 5.16 Å². The maximum atomic E-state index is 12.8. The second-order valence-electron chi connectivity index (χ2n) is 9.27. The number of carbonyl (C=O) groups is 2. The molecule has 0 atom stereocenters. The Morgan fingerprint density at radius 3 is 2.45 bits per heavy atom. The number of hydrogen-bond acceptors (Lipinski definition) is 4. The number of carbonyl (C=O) groups excluding carboxylic acids is 2. The van der Waals surface area contributed by atoms with Crippen molar-refractivity contribution in [2.24, 2.45) is 0 Å². The summed E-state index contributed by atoms with van der Waals surface area (Å²) in [6, 6.07) is 6.75. The topological polar surface area (TPSA) is 79.3 Å². The van der Waals surface area contributed by atoms with Crippen molar-refractivity contribution in [1.82, 2.24) is 25.1 Å². The van der Waals surface area contributed by atoms with Crippen LogP contribution in [0.5, 0.6) is 0 Å². The lowest BCUT2D eigenvalue weighted by Gasteiger charge is -2.33. The zero-order valence-electron chi connectivity index (χ0n) is 19.7. The smallest absolute Gasteiger partial charge is 0.315 e. The summed E-state index contributed by atoms with van der Waals surface area (Å²) in [6.07, 6.45) is 11.2. The lowest BCUT2D eigenvalue weighted by atomic mass is 9.96. The van der Waals surface area contributed by atoms with E-state index in [-0.39, 0.29) is 18.0 Å². The molecule has 2 fully saturated rings. The van der Waals surface area contributed by atoms with Crippen LogP contribution in [-0.4, -0.2) is 57.3 Å². The zero-order valence-corrected chi connectivity index (χ0v) is 20.5. The number of imidazole rings is 1. The van der Waals surface area contributed by atoms with E-state index >= 15 is 0 Å². The Kier molecular flexibility index (Phi) is 7.96. The molecule has 0 unspecified atom stereocenters. The number of hydrogen-bond donors (Lipinski definition) is 2. The SMILES string of the molecule is Cc1ccc(C)c(-n2ccnc2SCC(=O)N2CCC(NC(=O)NC3CCCCC3)CC2)c1. The van der Waals surface area contributed by atoms with Gasteiger partial charge in [-0.15, -0.1) is 0 Å². The molecule has 1 saturated carbocycles. The molecule has 1 aromatic carbocycles. The fraction of sp³-hybridized carbons (Fsp3) is 0.560. The number of nitrogens with one attached hydrogen (secondary N) is 2. The molecule has 8 heteroatoms. The van der Waals surface area contributed by atoms with E-state index in [0.717, 1.165) is 36.5 Å². The van der Waals surface area contributed by atoms with E-state index in [2.05, 4.69) is 52.2 Å². The lowest BCUT2D eigenvalue weighted by molar-refractivity contribution is -0.129. The van der Waals surface area contributed by atoms with Gasteiger partial charge in [0.05, 0.1) is 11.4 Å². The molecule has 2 aromatic rings. The molecular formula is C25H35N5O2S. The minimum Gasteiger partial charge on any atom is -0.342 e. The molecule has 2 aliphatic rings. The molecule has 0 bridgehead atoms. The molecule has 3 amide bonds. The monoisotopic (exact) mass is 469 g/mol. The zero-order chi connectivity index (χ0) is 23.2. The molecule has 1 saturated heterocycles. The first kappa shape index (κ1) is 23.7. The first-order chi connectivity index (χ1) is 16.0. The number of amides is 3. The van der Waals surface area contributed by atoms with Gasteiger partial charge in [0.1, 0.15) is 0 Å². The largest absolute Gasteiger partial charge is 0.342 e. The van der Waals surface area contributed by atoms with Gasteiger partial charge in [0, 0.05) is 37.6 Å². The van der Waals surface area contributed by atoms with Gasteiger partial charge in [-0.1, -0.05) is 43.2 Å². The van der Waals surface area contributed by atoms with E-state index in [4.69, 9.17) is 0 Å². The average Bonchev–Trinajstić information content (AvgIpc) is 3.28. The Morgan fingerprint density at radius 2 is 1.73 bits per heavy atom. The van der Waals surface area contributed by atoms with Crippen LogP contribution in [-0.2, 0) is 4.79 Å². The molecule has 178 valence electrons. The van der Waals surface area contributed by atoms with Crippen LogP contribution in [0.15, 0.2) is 35.7 Å². The van der Waals surface area contributed by atoms with Gasteiger partial charge in [-0.25, -0.2) is 9.78 Å². The molecule has 2 N–H and O–H groups in total. The summed E-state index contributed by atoms with van der Waals surface area (Å²) in [5, 5.41) is 7.05. The molecule has 0 radical (unpaired) electrons. The van der Waals surface area contributed by atoms with Crippen LogP contribution in [0.4, 0.5) is 4.79 Å². The minimum absolute atomic E-state index is 0.0551. The van der Waals surface area contributed by atoms with Crippen molar-refractivity contribution >= 4 is 23.7 Å². The number of urea groups is 1. The summed E-state index contributed by atoms with van der Waals surface area (Å²) < 4.78 is 2.06. The third-order valence-electron chi connectivity index (χ3n) is 6.68. The minimum atomic E-state index is -0.0551. The van der Waals surface area contributed by atoms with E-state index < -0.39 is 0 Å². The van der Waals surface area contributed by atoms with Crippen molar-refractivity contribution in [2.75, 3.05) is 18.8 Å². The van der Waals surface area contributed by atoms with Crippen LogP contribution in [0.3, 0.4) is 0 Å². The Bertz CT molecular complexity index is 961. The molecule has 1 aromatic heterocycles. The second-order valence-corrected chi connectivity index (χ2v) is 10.2. The lowest BCUT2D eigenvalue weighted by Crippen LogP contribution is -2.51. The van der Waals surface area contributed by atoms with Gasteiger partial charge in [0.25, 0.3) is 0 Å². The highest BCUT2D eigenvalue weighted by Crippen LogP contribution is 2.24. The Morgan fingerprint density at radius 1 is 1.03 bits per heavy atom. The first-order valence-electron chi connectivity index (χ1n) is 12.1. The summed E-state index contributed by atoms with van der Waals surface area (Å²) in [6.45, 7) is 5.52. The summed E-state index contributed by atoms with van der Waals surface area (Å²) in [5.41, 5.74) is 3.47. The van der Waals surface area contributed by atoms with Crippen molar-refractivity contribution in [3.63, 3.8) is 0 Å². The molecular weight excluding hydrogens is 434 g/mol. The fourth-order valence-corrected chi connectivity index (χ4v) is 5.58. The average molecular weight is 470 g/mol. The number of thioether (sulfide) groups is 1. The highest BCUT2D eigenvalue weighted by Gasteiger charge is 2.25. The van der Waals surface area contributed by atoms with E-state index in [0.29, 0.717) is 24.9 Å². The number of nitrogens with zero attached hydrogens (tertiary/aromatic N) is 3. The number of piperidine rings is 1. The third-order valence-corrected chi connectivity index (χ3v) is 7.63. The van der Waals surface area contributed by atoms with E-state index in [1.54, 1.807) is 6.20 Å². The summed E-state index contributed by atoms with van der Waals surface area (Å²) in [5.74, 6) is 0.489. The normalized spacial score (nSPS) is 17.7. The van der Waals surface area contributed by atoms with Gasteiger partial charge in [-0.2, -0.15) is 0 Å². The standard InChI is InChI=1S/C25H35N5O2S/c1-18-8-9-19(2)22(16-18)30-15-12-26-25(30)33-17-23(31)29-13-10-21(11-14-29)28-24(32)27-20-6-4-3-5-7-20/h8-9,12,15-16,20-21H,3-7,10-11,13-14,17H2,1-2H3,(H2,27,28,32). The summed E-state index contributed by atoms with van der Waals surface area (Å²) >= 11 is 1.48. The van der Waals surface area contributed by atoms with Gasteiger partial charge in [-0.3, -0.25) is 9.36 Å². The van der Waals surface area contributed by atoms with Crippen molar-refractivity contribution in [3.05, 3.63) is 41.7 Å².